The van der Waals surface area contributed by atoms with Gasteiger partial charge >= 0.3 is 0 Å². The minimum atomic E-state index is -0.167. The fourth-order valence-corrected chi connectivity index (χ4v) is 3.78. The molecular weight excluding hydrogens is 390 g/mol. The smallest absolute Gasteiger partial charge is 0.272 e. The van der Waals surface area contributed by atoms with E-state index in [1.165, 1.54) is 0 Å². The summed E-state index contributed by atoms with van der Waals surface area (Å²) in [6.45, 7) is 3.71. The van der Waals surface area contributed by atoms with Gasteiger partial charge in [-0.25, -0.2) is 0 Å². The molecule has 1 aliphatic heterocycles. The molecule has 0 unspecified atom stereocenters. The largest absolute Gasteiger partial charge is 0.346 e. The molecule has 7 nitrogen and oxygen atoms in total. The third-order valence-electron chi connectivity index (χ3n) is 5.67. The van der Waals surface area contributed by atoms with Crippen molar-refractivity contribution in [1.82, 2.24) is 25.2 Å². The Morgan fingerprint density at radius 3 is 2.48 bits per heavy atom. The molecule has 3 aromatic heterocycles. The van der Waals surface area contributed by atoms with Gasteiger partial charge in [0, 0.05) is 43.3 Å². The topological polar surface area (TPSA) is 88.1 Å². The van der Waals surface area contributed by atoms with E-state index in [1.807, 2.05) is 42.2 Å². The number of rotatable bonds is 5. The summed E-state index contributed by atoms with van der Waals surface area (Å²) in [4.78, 5) is 39.8. The number of nitrogens with zero attached hydrogens (tertiary/aromatic N) is 4. The van der Waals surface area contributed by atoms with E-state index in [4.69, 9.17) is 0 Å². The van der Waals surface area contributed by atoms with Gasteiger partial charge in [0.25, 0.3) is 11.8 Å². The number of nitrogens with one attached hydrogen (secondary N) is 1. The van der Waals surface area contributed by atoms with Crippen molar-refractivity contribution in [2.75, 3.05) is 13.1 Å². The number of hydrogen-bond acceptors (Lipinski definition) is 5. The molecule has 0 spiro atoms. The molecule has 0 radical (unpaired) electrons. The maximum absolute atomic E-state index is 12.5. The van der Waals surface area contributed by atoms with Crippen LogP contribution in [0.25, 0.3) is 0 Å². The number of pyridine rings is 3. The fourth-order valence-electron chi connectivity index (χ4n) is 3.78. The van der Waals surface area contributed by atoms with Crippen molar-refractivity contribution in [3.05, 3.63) is 89.3 Å². The molecule has 1 aliphatic rings. The number of aromatic nitrogens is 3. The van der Waals surface area contributed by atoms with Crippen LogP contribution in [0.3, 0.4) is 0 Å². The van der Waals surface area contributed by atoms with Gasteiger partial charge in [0.1, 0.15) is 5.69 Å². The highest BCUT2D eigenvalue weighted by Gasteiger charge is 2.26. The van der Waals surface area contributed by atoms with Gasteiger partial charge in [-0.2, -0.15) is 0 Å². The number of carbonyl (C=O) groups is 2. The van der Waals surface area contributed by atoms with E-state index in [-0.39, 0.29) is 17.7 Å². The van der Waals surface area contributed by atoms with Gasteiger partial charge in [-0.1, -0.05) is 12.1 Å². The Balaban J connectivity index is 1.31. The lowest BCUT2D eigenvalue weighted by Crippen LogP contribution is -2.38. The first-order valence-electron chi connectivity index (χ1n) is 10.5. The van der Waals surface area contributed by atoms with Crippen LogP contribution in [0.5, 0.6) is 0 Å². The Morgan fingerprint density at radius 2 is 1.81 bits per heavy atom. The van der Waals surface area contributed by atoms with Gasteiger partial charge < -0.3 is 10.2 Å². The minimum Gasteiger partial charge on any atom is -0.346 e. The minimum absolute atomic E-state index is 0.0258. The number of aryl methyl sites for hydroxylation is 1. The maximum atomic E-state index is 12.5. The van der Waals surface area contributed by atoms with Gasteiger partial charge in [0.05, 0.1) is 17.8 Å². The zero-order chi connectivity index (χ0) is 21.6. The SMILES string of the molecule is Cc1cccnc1CNC(=O)c1ccc(C2CCN(C(=O)c3ccccn3)CC2)nc1. The van der Waals surface area contributed by atoms with Crippen molar-refractivity contribution in [3.63, 3.8) is 0 Å². The Morgan fingerprint density at radius 1 is 1.00 bits per heavy atom. The summed E-state index contributed by atoms with van der Waals surface area (Å²) < 4.78 is 0. The summed E-state index contributed by atoms with van der Waals surface area (Å²) in [6, 6.07) is 13.0. The third-order valence-corrected chi connectivity index (χ3v) is 5.67. The van der Waals surface area contributed by atoms with Crippen LogP contribution in [0.15, 0.2) is 61.1 Å². The Hall–Kier alpha value is -3.61. The second kappa shape index (κ2) is 9.47. The van der Waals surface area contributed by atoms with Crippen LogP contribution in [0.1, 0.15) is 56.6 Å². The predicted octanol–water partition coefficient (Wildman–Crippen LogP) is 3.13. The molecule has 4 rings (SSSR count). The first kappa shape index (κ1) is 20.7. The molecule has 0 aliphatic carbocycles. The Labute approximate surface area is 181 Å². The average molecular weight is 415 g/mol. The lowest BCUT2D eigenvalue weighted by Gasteiger charge is -2.31. The summed E-state index contributed by atoms with van der Waals surface area (Å²) in [6.07, 6.45) is 6.67. The van der Waals surface area contributed by atoms with Crippen molar-refractivity contribution < 1.29 is 9.59 Å². The maximum Gasteiger partial charge on any atom is 0.272 e. The number of amides is 2. The summed E-state index contributed by atoms with van der Waals surface area (Å²) >= 11 is 0. The highest BCUT2D eigenvalue weighted by molar-refractivity contribution is 5.94. The van der Waals surface area contributed by atoms with Crippen LogP contribution in [0.2, 0.25) is 0 Å². The van der Waals surface area contributed by atoms with E-state index >= 15 is 0 Å². The molecule has 0 aromatic carbocycles. The lowest BCUT2D eigenvalue weighted by atomic mass is 9.92. The van der Waals surface area contributed by atoms with Gasteiger partial charge in [0.2, 0.25) is 0 Å². The van der Waals surface area contributed by atoms with Crippen LogP contribution in [-0.4, -0.2) is 44.8 Å². The molecule has 158 valence electrons. The van der Waals surface area contributed by atoms with Gasteiger partial charge in [-0.15, -0.1) is 0 Å². The van der Waals surface area contributed by atoms with E-state index in [1.54, 1.807) is 30.7 Å². The molecule has 1 fully saturated rings. The van der Waals surface area contributed by atoms with E-state index in [0.717, 1.165) is 29.8 Å². The van der Waals surface area contributed by atoms with Crippen molar-refractivity contribution in [3.8, 4) is 0 Å². The molecular formula is C24H25N5O2. The highest BCUT2D eigenvalue weighted by Crippen LogP contribution is 2.27. The third kappa shape index (κ3) is 4.94. The van der Waals surface area contributed by atoms with Crippen LogP contribution >= 0.6 is 0 Å². The molecule has 7 heteroatoms. The Bertz CT molecular complexity index is 1050. The molecule has 3 aromatic rings. The van der Waals surface area contributed by atoms with E-state index in [0.29, 0.717) is 30.9 Å². The molecule has 0 saturated carbocycles. The lowest BCUT2D eigenvalue weighted by molar-refractivity contribution is 0.0705. The van der Waals surface area contributed by atoms with Crippen molar-refractivity contribution in [1.29, 1.82) is 0 Å². The predicted molar refractivity (Wildman–Crippen MR) is 116 cm³/mol. The van der Waals surface area contributed by atoms with Crippen LogP contribution in [-0.2, 0) is 6.54 Å². The second-order valence-corrected chi connectivity index (χ2v) is 7.70. The van der Waals surface area contributed by atoms with Crippen molar-refractivity contribution in [2.45, 2.75) is 32.2 Å². The quantitative estimate of drug-likeness (QED) is 0.692. The van der Waals surface area contributed by atoms with Crippen molar-refractivity contribution in [2.24, 2.45) is 0 Å². The molecule has 2 amide bonds. The first-order valence-corrected chi connectivity index (χ1v) is 10.5. The molecule has 31 heavy (non-hydrogen) atoms. The van der Waals surface area contributed by atoms with Crippen molar-refractivity contribution >= 4 is 11.8 Å². The number of piperidine rings is 1. The fraction of sp³-hybridized carbons (Fsp3) is 0.292. The summed E-state index contributed by atoms with van der Waals surface area (Å²) in [5.41, 5.74) is 3.87. The zero-order valence-electron chi connectivity index (χ0n) is 17.5. The monoisotopic (exact) mass is 415 g/mol. The second-order valence-electron chi connectivity index (χ2n) is 7.70. The summed E-state index contributed by atoms with van der Waals surface area (Å²) in [5, 5.41) is 2.90. The number of likely N-dealkylation sites (tertiary alicyclic amines) is 1. The van der Waals surface area contributed by atoms with Crippen LogP contribution in [0.4, 0.5) is 0 Å². The molecule has 0 atom stereocenters. The molecule has 0 bridgehead atoms. The molecule has 4 heterocycles. The van der Waals surface area contributed by atoms with E-state index in [2.05, 4.69) is 20.3 Å². The van der Waals surface area contributed by atoms with E-state index < -0.39 is 0 Å². The van der Waals surface area contributed by atoms with Gasteiger partial charge in [0.15, 0.2) is 0 Å². The molecule has 1 saturated heterocycles. The first-order chi connectivity index (χ1) is 15.1. The normalized spacial score (nSPS) is 14.3. The zero-order valence-corrected chi connectivity index (χ0v) is 17.5. The van der Waals surface area contributed by atoms with Crippen LogP contribution in [0, 0.1) is 6.92 Å². The van der Waals surface area contributed by atoms with Crippen LogP contribution < -0.4 is 5.32 Å². The van der Waals surface area contributed by atoms with Gasteiger partial charge in [-0.05, 0) is 55.7 Å². The summed E-state index contributed by atoms with van der Waals surface area (Å²) in [5.74, 6) is 0.0862. The highest BCUT2D eigenvalue weighted by atomic mass is 16.2. The Kier molecular flexibility index (Phi) is 6.31. The molecule has 1 N–H and O–H groups in total. The number of hydrogen-bond donors (Lipinski definition) is 1. The summed E-state index contributed by atoms with van der Waals surface area (Å²) in [7, 11) is 0. The van der Waals surface area contributed by atoms with E-state index in [9.17, 15) is 9.59 Å². The standard InChI is InChI=1S/C24H25N5O2/c1-17-5-4-12-26-22(17)16-28-23(30)19-7-8-20(27-15-19)18-9-13-29(14-10-18)24(31)21-6-2-3-11-25-21/h2-8,11-12,15,18H,9-10,13-14,16H2,1H3,(H,28,30). The average Bonchev–Trinajstić information content (AvgIpc) is 2.84. The number of carbonyl (C=O) groups excluding carboxylic acids is 2. The van der Waals surface area contributed by atoms with Gasteiger partial charge in [-0.3, -0.25) is 24.5 Å².